The summed E-state index contributed by atoms with van der Waals surface area (Å²) in [5.74, 6) is -3.89. The van der Waals surface area contributed by atoms with Gasteiger partial charge < -0.3 is 5.32 Å². The molecule has 2 aromatic rings. The van der Waals surface area contributed by atoms with Gasteiger partial charge in [0, 0.05) is 18.1 Å². The molecular weight excluding hydrogens is 273 g/mol. The van der Waals surface area contributed by atoms with Gasteiger partial charge in [-0.3, -0.25) is 9.89 Å². The third kappa shape index (κ3) is 2.36. The lowest BCUT2D eigenvalue weighted by atomic mass is 10.2. The van der Waals surface area contributed by atoms with Crippen LogP contribution in [0.25, 0.3) is 0 Å². The third-order valence-electron chi connectivity index (χ3n) is 2.91. The summed E-state index contributed by atoms with van der Waals surface area (Å²) < 4.78 is 39.4. The topological polar surface area (TPSA) is 70.7 Å². The Kier molecular flexibility index (Phi) is 2.92. The average Bonchev–Trinajstić information content (AvgIpc) is 3.13. The lowest BCUT2D eigenvalue weighted by Gasteiger charge is -2.05. The Balaban J connectivity index is 1.81. The number of benzene rings is 1. The molecule has 1 fully saturated rings. The van der Waals surface area contributed by atoms with Crippen LogP contribution in [0.2, 0.25) is 0 Å². The van der Waals surface area contributed by atoms with E-state index in [9.17, 15) is 18.0 Å². The molecule has 1 aromatic heterocycles. The van der Waals surface area contributed by atoms with E-state index in [-0.39, 0.29) is 11.7 Å². The van der Waals surface area contributed by atoms with E-state index < -0.39 is 29.0 Å². The summed E-state index contributed by atoms with van der Waals surface area (Å²) in [6.45, 7) is 0. The fourth-order valence-electron chi connectivity index (χ4n) is 1.74. The minimum atomic E-state index is -1.38. The Morgan fingerprint density at radius 3 is 2.75 bits per heavy atom. The molecule has 1 amide bonds. The Morgan fingerprint density at radius 1 is 1.30 bits per heavy atom. The fourth-order valence-corrected chi connectivity index (χ4v) is 1.74. The maximum atomic E-state index is 13.4. The maximum Gasteiger partial charge on any atom is 0.295 e. The van der Waals surface area contributed by atoms with Crippen LogP contribution >= 0.6 is 0 Å². The molecule has 0 spiro atoms. The standard InChI is InChI=1S/C12H9F3N4O/c13-6-3-7(14)9(15)8(4-6)16-12(20)11-17-10(18-19-11)5-1-2-5/h3-5H,1-2H2,(H,16,20)(H,17,18,19). The van der Waals surface area contributed by atoms with Crippen molar-refractivity contribution in [1.82, 2.24) is 15.2 Å². The van der Waals surface area contributed by atoms with Crippen molar-refractivity contribution >= 4 is 11.6 Å². The SMILES string of the molecule is O=C(Nc1cc(F)cc(F)c1F)c1n[nH]c(C2CC2)n1. The summed E-state index contributed by atoms with van der Waals surface area (Å²) in [7, 11) is 0. The van der Waals surface area contributed by atoms with E-state index in [1.54, 1.807) is 0 Å². The van der Waals surface area contributed by atoms with Gasteiger partial charge >= 0.3 is 0 Å². The Hall–Kier alpha value is -2.38. The molecule has 1 heterocycles. The van der Waals surface area contributed by atoms with Crippen LogP contribution in [0.5, 0.6) is 0 Å². The number of carbonyl (C=O) groups is 1. The van der Waals surface area contributed by atoms with Crippen molar-refractivity contribution in [3.8, 4) is 0 Å². The van der Waals surface area contributed by atoms with Gasteiger partial charge in [0.2, 0.25) is 5.82 Å². The summed E-state index contributed by atoms with van der Waals surface area (Å²) in [5.41, 5.74) is -0.592. The molecule has 1 saturated carbocycles. The van der Waals surface area contributed by atoms with E-state index >= 15 is 0 Å². The number of anilines is 1. The zero-order valence-electron chi connectivity index (χ0n) is 10.1. The molecule has 0 saturated heterocycles. The smallest absolute Gasteiger partial charge is 0.295 e. The van der Waals surface area contributed by atoms with Crippen LogP contribution in [0, 0.1) is 17.5 Å². The quantitative estimate of drug-likeness (QED) is 0.849. The van der Waals surface area contributed by atoms with E-state index in [0.29, 0.717) is 18.0 Å². The van der Waals surface area contributed by atoms with Gasteiger partial charge in [-0.05, 0) is 12.8 Å². The molecule has 1 aliphatic carbocycles. The van der Waals surface area contributed by atoms with Crippen molar-refractivity contribution in [2.45, 2.75) is 18.8 Å². The lowest BCUT2D eigenvalue weighted by molar-refractivity contribution is 0.101. The second-order valence-electron chi connectivity index (χ2n) is 4.52. The summed E-state index contributed by atoms with van der Waals surface area (Å²) in [6.07, 6.45) is 1.94. The van der Waals surface area contributed by atoms with Crippen LogP contribution in [-0.2, 0) is 0 Å². The molecule has 5 nitrogen and oxygen atoms in total. The second kappa shape index (κ2) is 4.62. The van der Waals surface area contributed by atoms with E-state index in [1.165, 1.54) is 0 Å². The summed E-state index contributed by atoms with van der Waals surface area (Å²) in [6, 6.07) is 1.08. The number of aromatic amines is 1. The van der Waals surface area contributed by atoms with E-state index in [4.69, 9.17) is 0 Å². The first-order chi connectivity index (χ1) is 9.54. The van der Waals surface area contributed by atoms with Gasteiger partial charge in [-0.1, -0.05) is 0 Å². The second-order valence-corrected chi connectivity index (χ2v) is 4.52. The average molecular weight is 282 g/mol. The van der Waals surface area contributed by atoms with Gasteiger partial charge in [0.25, 0.3) is 5.91 Å². The molecule has 2 N–H and O–H groups in total. The molecule has 0 bridgehead atoms. The van der Waals surface area contributed by atoms with Crippen molar-refractivity contribution in [3.05, 3.63) is 41.2 Å². The Morgan fingerprint density at radius 2 is 2.05 bits per heavy atom. The number of rotatable bonds is 3. The number of nitrogens with one attached hydrogen (secondary N) is 2. The lowest BCUT2D eigenvalue weighted by Crippen LogP contribution is -2.15. The van der Waals surface area contributed by atoms with Crippen LogP contribution < -0.4 is 5.32 Å². The number of amides is 1. The minimum absolute atomic E-state index is 0.198. The molecule has 20 heavy (non-hydrogen) atoms. The summed E-state index contributed by atoms with van der Waals surface area (Å²) >= 11 is 0. The predicted molar refractivity (Wildman–Crippen MR) is 62.6 cm³/mol. The van der Waals surface area contributed by atoms with Gasteiger partial charge in [-0.25, -0.2) is 18.2 Å². The number of nitrogens with zero attached hydrogens (tertiary/aromatic N) is 2. The van der Waals surface area contributed by atoms with Crippen molar-refractivity contribution in [3.63, 3.8) is 0 Å². The van der Waals surface area contributed by atoms with Gasteiger partial charge in [-0.2, -0.15) is 0 Å². The zero-order chi connectivity index (χ0) is 14.3. The van der Waals surface area contributed by atoms with Crippen molar-refractivity contribution in [2.24, 2.45) is 0 Å². The fraction of sp³-hybridized carbons (Fsp3) is 0.250. The highest BCUT2D eigenvalue weighted by atomic mass is 19.2. The molecule has 0 unspecified atom stereocenters. The van der Waals surface area contributed by atoms with Crippen LogP contribution in [0.15, 0.2) is 12.1 Å². The van der Waals surface area contributed by atoms with E-state index in [1.807, 2.05) is 5.32 Å². The number of carbonyl (C=O) groups excluding carboxylic acids is 1. The van der Waals surface area contributed by atoms with Gasteiger partial charge in [0.1, 0.15) is 11.6 Å². The van der Waals surface area contributed by atoms with Crippen molar-refractivity contribution in [2.75, 3.05) is 5.32 Å². The van der Waals surface area contributed by atoms with Gasteiger partial charge in [0.15, 0.2) is 11.6 Å². The zero-order valence-corrected chi connectivity index (χ0v) is 10.1. The summed E-state index contributed by atoms with van der Waals surface area (Å²) in [5, 5.41) is 8.34. The minimum Gasteiger partial charge on any atom is -0.316 e. The molecule has 0 radical (unpaired) electrons. The van der Waals surface area contributed by atoms with Crippen LogP contribution in [0.1, 0.15) is 35.2 Å². The Labute approximate surface area is 111 Å². The number of H-pyrrole nitrogens is 1. The molecular formula is C12H9F3N4O. The molecule has 1 aromatic carbocycles. The number of aromatic nitrogens is 3. The normalized spacial score (nSPS) is 14.3. The molecule has 0 atom stereocenters. The van der Waals surface area contributed by atoms with Crippen LogP contribution in [0.4, 0.5) is 18.9 Å². The maximum absolute atomic E-state index is 13.4. The Bertz CT molecular complexity index is 681. The molecule has 0 aliphatic heterocycles. The van der Waals surface area contributed by atoms with E-state index in [0.717, 1.165) is 12.8 Å². The van der Waals surface area contributed by atoms with Gasteiger partial charge in [0.05, 0.1) is 5.69 Å². The molecule has 104 valence electrons. The van der Waals surface area contributed by atoms with Crippen molar-refractivity contribution in [1.29, 1.82) is 0 Å². The first-order valence-corrected chi connectivity index (χ1v) is 5.93. The van der Waals surface area contributed by atoms with Crippen LogP contribution in [-0.4, -0.2) is 21.1 Å². The highest BCUT2D eigenvalue weighted by Gasteiger charge is 2.28. The predicted octanol–water partition coefficient (Wildman–Crippen LogP) is 2.35. The monoisotopic (exact) mass is 282 g/mol. The number of hydrogen-bond donors (Lipinski definition) is 2. The number of hydrogen-bond acceptors (Lipinski definition) is 3. The van der Waals surface area contributed by atoms with Crippen LogP contribution in [0.3, 0.4) is 0 Å². The highest BCUT2D eigenvalue weighted by Crippen LogP contribution is 2.37. The number of halogens is 3. The molecule has 3 rings (SSSR count). The largest absolute Gasteiger partial charge is 0.316 e. The molecule has 1 aliphatic rings. The highest BCUT2D eigenvalue weighted by molar-refractivity contribution is 6.01. The first kappa shape index (κ1) is 12.6. The molecule has 8 heteroatoms. The van der Waals surface area contributed by atoms with Gasteiger partial charge in [-0.15, -0.1) is 5.10 Å². The first-order valence-electron chi connectivity index (χ1n) is 5.93. The van der Waals surface area contributed by atoms with Crippen molar-refractivity contribution < 1.29 is 18.0 Å². The third-order valence-corrected chi connectivity index (χ3v) is 2.91. The summed E-state index contributed by atoms with van der Waals surface area (Å²) in [4.78, 5) is 15.7. The van der Waals surface area contributed by atoms with E-state index in [2.05, 4.69) is 15.2 Å².